The van der Waals surface area contributed by atoms with Crippen molar-refractivity contribution in [2.24, 2.45) is 5.73 Å². The van der Waals surface area contributed by atoms with Crippen molar-refractivity contribution in [3.05, 3.63) is 0 Å². The van der Waals surface area contributed by atoms with Crippen LogP contribution in [0.2, 0.25) is 18.1 Å². The predicted molar refractivity (Wildman–Crippen MR) is 89.0 cm³/mol. The van der Waals surface area contributed by atoms with Gasteiger partial charge in [0, 0.05) is 0 Å². The number of fused-ring (bicyclic) bond motifs is 1. The number of rotatable bonds is 3. The Bertz CT molecular complexity index is 407. The summed E-state index contributed by atoms with van der Waals surface area (Å²) in [5.74, 6) is -0.615. The van der Waals surface area contributed by atoms with Gasteiger partial charge in [0.1, 0.15) is 12.2 Å². The van der Waals surface area contributed by atoms with Gasteiger partial charge in [-0.3, -0.25) is 0 Å². The molecule has 1 unspecified atom stereocenters. The van der Waals surface area contributed by atoms with Gasteiger partial charge in [-0.25, -0.2) is 0 Å². The van der Waals surface area contributed by atoms with Gasteiger partial charge in [-0.05, 0) is 38.4 Å². The van der Waals surface area contributed by atoms with Crippen molar-refractivity contribution in [2.75, 3.05) is 0 Å². The second kappa shape index (κ2) is 5.83. The normalized spacial score (nSPS) is 38.9. The molecule has 0 aromatic carbocycles. The highest BCUT2D eigenvalue weighted by atomic mass is 28.4. The number of hydrogen-bond donors (Lipinski definition) is 1. The summed E-state index contributed by atoms with van der Waals surface area (Å²) in [6, 6.07) is -0.330. The largest absolute Gasteiger partial charge is 0.391 e. The molecule has 2 saturated heterocycles. The SMILES string of the molecule is CC[C@H]1OC(O[Si](C)(C)C(C)(C)C)[C@@H](N)[C@H]2OC(C)(C)O[C@H]21. The molecule has 0 radical (unpaired) electrons. The Kier molecular flexibility index (Phi) is 4.86. The molecule has 2 N–H and O–H groups in total. The van der Waals surface area contributed by atoms with Gasteiger partial charge in [-0.2, -0.15) is 0 Å². The van der Waals surface area contributed by atoms with Gasteiger partial charge in [0.15, 0.2) is 20.4 Å². The van der Waals surface area contributed by atoms with Crippen molar-refractivity contribution in [1.82, 2.24) is 0 Å². The first-order valence-corrected chi connectivity index (χ1v) is 11.2. The van der Waals surface area contributed by atoms with Crippen molar-refractivity contribution >= 4 is 8.32 Å². The molecule has 2 fully saturated rings. The first kappa shape index (κ1) is 18.4. The second-order valence-corrected chi connectivity index (χ2v) is 13.2. The van der Waals surface area contributed by atoms with Crippen LogP contribution in [0.4, 0.5) is 0 Å². The summed E-state index contributed by atoms with van der Waals surface area (Å²) in [6.45, 7) is 17.0. The van der Waals surface area contributed by atoms with E-state index in [1.807, 2.05) is 13.8 Å². The van der Waals surface area contributed by atoms with E-state index in [1.165, 1.54) is 0 Å². The van der Waals surface area contributed by atoms with Crippen molar-refractivity contribution in [3.63, 3.8) is 0 Å². The van der Waals surface area contributed by atoms with Crippen molar-refractivity contribution in [1.29, 1.82) is 0 Å². The molecule has 2 heterocycles. The molecule has 0 aromatic rings. The Morgan fingerprint density at radius 1 is 1.14 bits per heavy atom. The van der Waals surface area contributed by atoms with E-state index in [1.54, 1.807) is 0 Å². The highest BCUT2D eigenvalue weighted by Crippen LogP contribution is 2.42. The van der Waals surface area contributed by atoms with Crippen LogP contribution in [0.25, 0.3) is 0 Å². The monoisotopic (exact) mass is 331 g/mol. The van der Waals surface area contributed by atoms with E-state index in [2.05, 4.69) is 40.8 Å². The predicted octanol–water partition coefficient (Wildman–Crippen LogP) is 2.99. The standard InChI is InChI=1S/C16H33NO4Si/c1-9-10-12-13(20-16(5,6)19-12)11(17)14(18-10)21-22(7,8)15(2,3)4/h10-14H,9,17H2,1-8H3/t10-,11+,12+,13-,14?/m1/s1. The van der Waals surface area contributed by atoms with E-state index in [-0.39, 0.29) is 29.4 Å². The first-order chi connectivity index (χ1) is 9.88. The minimum Gasteiger partial charge on any atom is -0.391 e. The number of nitrogens with two attached hydrogens (primary N) is 1. The molecule has 0 bridgehead atoms. The van der Waals surface area contributed by atoms with Gasteiger partial charge >= 0.3 is 0 Å². The summed E-state index contributed by atoms with van der Waals surface area (Å²) in [5, 5.41) is 0.112. The van der Waals surface area contributed by atoms with Crippen LogP contribution in [0, 0.1) is 0 Å². The zero-order valence-electron chi connectivity index (χ0n) is 15.3. The summed E-state index contributed by atoms with van der Waals surface area (Å²) in [6.07, 6.45) is 0.0914. The summed E-state index contributed by atoms with van der Waals surface area (Å²) in [5.41, 5.74) is 6.42. The van der Waals surface area contributed by atoms with Gasteiger partial charge in [-0.1, -0.05) is 27.7 Å². The average molecular weight is 332 g/mol. The van der Waals surface area contributed by atoms with E-state index in [4.69, 9.17) is 24.4 Å². The summed E-state index contributed by atoms with van der Waals surface area (Å²) < 4.78 is 24.6. The molecule has 0 saturated carbocycles. The lowest BCUT2D eigenvalue weighted by molar-refractivity contribution is -0.211. The van der Waals surface area contributed by atoms with Gasteiger partial charge in [0.05, 0.1) is 12.1 Å². The highest BCUT2D eigenvalue weighted by Gasteiger charge is 2.55. The molecule has 130 valence electrons. The van der Waals surface area contributed by atoms with E-state index < -0.39 is 20.4 Å². The van der Waals surface area contributed by atoms with Crippen LogP contribution in [-0.2, 0) is 18.6 Å². The lowest BCUT2D eigenvalue weighted by Crippen LogP contribution is -2.63. The van der Waals surface area contributed by atoms with Gasteiger partial charge in [0.25, 0.3) is 0 Å². The molecule has 0 aromatic heterocycles. The third-order valence-electron chi connectivity index (χ3n) is 5.15. The van der Waals surface area contributed by atoms with Crippen LogP contribution in [0.5, 0.6) is 0 Å². The third kappa shape index (κ3) is 3.42. The summed E-state index contributed by atoms with van der Waals surface area (Å²) in [7, 11) is -1.96. The maximum atomic E-state index is 6.42. The van der Waals surface area contributed by atoms with Gasteiger partial charge < -0.3 is 24.4 Å². The molecule has 6 heteroatoms. The molecule has 5 atom stereocenters. The van der Waals surface area contributed by atoms with Crippen molar-refractivity contribution < 1.29 is 18.6 Å². The first-order valence-electron chi connectivity index (χ1n) is 8.32. The molecule has 5 nitrogen and oxygen atoms in total. The fraction of sp³-hybridized carbons (Fsp3) is 1.00. The fourth-order valence-electron chi connectivity index (χ4n) is 2.80. The smallest absolute Gasteiger partial charge is 0.195 e. The molecular weight excluding hydrogens is 298 g/mol. The maximum Gasteiger partial charge on any atom is 0.195 e. The minimum absolute atomic E-state index is 0.0404. The Hall–Kier alpha value is 0.0169. The van der Waals surface area contributed by atoms with E-state index in [0.29, 0.717) is 0 Å². The number of hydrogen-bond acceptors (Lipinski definition) is 5. The number of ether oxygens (including phenoxy) is 3. The topological polar surface area (TPSA) is 62.9 Å². The quantitative estimate of drug-likeness (QED) is 0.806. The Morgan fingerprint density at radius 2 is 1.68 bits per heavy atom. The van der Waals surface area contributed by atoms with Crippen LogP contribution >= 0.6 is 0 Å². The Morgan fingerprint density at radius 3 is 2.18 bits per heavy atom. The van der Waals surface area contributed by atoms with Crippen LogP contribution < -0.4 is 5.73 Å². The zero-order valence-corrected chi connectivity index (χ0v) is 16.3. The molecule has 0 amide bonds. The molecule has 0 spiro atoms. The van der Waals surface area contributed by atoms with Crippen molar-refractivity contribution in [2.45, 2.75) is 103 Å². The summed E-state index contributed by atoms with van der Waals surface area (Å²) >= 11 is 0. The molecular formula is C16H33NO4Si. The van der Waals surface area contributed by atoms with Crippen LogP contribution in [0.1, 0.15) is 48.0 Å². The highest BCUT2D eigenvalue weighted by molar-refractivity contribution is 6.74. The average Bonchev–Trinajstić information content (AvgIpc) is 2.67. The fourth-order valence-corrected chi connectivity index (χ4v) is 3.95. The molecule has 2 aliphatic rings. The van der Waals surface area contributed by atoms with Gasteiger partial charge in [0.2, 0.25) is 0 Å². The molecule has 0 aliphatic carbocycles. The van der Waals surface area contributed by atoms with Crippen molar-refractivity contribution in [3.8, 4) is 0 Å². The second-order valence-electron chi connectivity index (χ2n) is 8.47. The lowest BCUT2D eigenvalue weighted by Gasteiger charge is -2.46. The van der Waals surface area contributed by atoms with Crippen LogP contribution in [-0.4, -0.2) is 44.7 Å². The maximum absolute atomic E-state index is 6.42. The zero-order chi connectivity index (χ0) is 16.9. The lowest BCUT2D eigenvalue weighted by atomic mass is 9.96. The van der Waals surface area contributed by atoms with Crippen LogP contribution in [0.3, 0.4) is 0 Å². The van der Waals surface area contributed by atoms with Gasteiger partial charge in [-0.15, -0.1) is 0 Å². The Balaban J connectivity index is 2.18. The minimum atomic E-state index is -1.96. The van der Waals surface area contributed by atoms with E-state index >= 15 is 0 Å². The third-order valence-corrected chi connectivity index (χ3v) is 9.59. The molecule has 22 heavy (non-hydrogen) atoms. The van der Waals surface area contributed by atoms with E-state index in [9.17, 15) is 0 Å². The Labute approximate surface area is 136 Å². The molecule has 2 aliphatic heterocycles. The van der Waals surface area contributed by atoms with E-state index in [0.717, 1.165) is 6.42 Å². The summed E-state index contributed by atoms with van der Waals surface area (Å²) in [4.78, 5) is 0. The van der Waals surface area contributed by atoms with Crippen LogP contribution in [0.15, 0.2) is 0 Å². The molecule has 2 rings (SSSR count).